The van der Waals surface area contributed by atoms with E-state index in [0.29, 0.717) is 31.1 Å². The second-order valence-electron chi connectivity index (χ2n) is 9.05. The summed E-state index contributed by atoms with van der Waals surface area (Å²) in [4.78, 5) is 15.1. The lowest BCUT2D eigenvalue weighted by Gasteiger charge is -2.26. The van der Waals surface area contributed by atoms with E-state index >= 15 is 0 Å². The van der Waals surface area contributed by atoms with Crippen LogP contribution in [0.4, 0.5) is 10.2 Å². The van der Waals surface area contributed by atoms with Crippen LogP contribution in [0.2, 0.25) is 0 Å². The molecule has 150 valence electrons. The van der Waals surface area contributed by atoms with Crippen LogP contribution in [-0.2, 0) is 17.6 Å². The number of anilines is 1. The van der Waals surface area contributed by atoms with Gasteiger partial charge in [-0.15, -0.1) is 0 Å². The van der Waals surface area contributed by atoms with Crippen LogP contribution in [0.1, 0.15) is 50.8 Å². The van der Waals surface area contributed by atoms with Crippen LogP contribution in [-0.4, -0.2) is 32.8 Å². The van der Waals surface area contributed by atoms with Gasteiger partial charge in [-0.2, -0.15) is 9.49 Å². The van der Waals surface area contributed by atoms with E-state index in [2.05, 4.69) is 34.3 Å². The Morgan fingerprint density at radius 3 is 2.75 bits per heavy atom. The highest BCUT2D eigenvalue weighted by Crippen LogP contribution is 2.40. The molecule has 2 aliphatic rings. The number of nitrogens with one attached hydrogen (secondary N) is 2. The maximum atomic E-state index is 14.2. The minimum absolute atomic E-state index is 0.195. The van der Waals surface area contributed by atoms with Gasteiger partial charge in [-0.25, -0.2) is 4.98 Å². The zero-order valence-electron chi connectivity index (χ0n) is 16.4. The average molecular weight is 386 g/mol. The summed E-state index contributed by atoms with van der Waals surface area (Å²) in [6.07, 6.45) is 5.03. The van der Waals surface area contributed by atoms with Gasteiger partial charge < -0.3 is 10.4 Å². The number of nitrogens with zero attached hydrogens (tertiary/aromatic N) is 2. The summed E-state index contributed by atoms with van der Waals surface area (Å²) in [5.74, 6) is -0.550. The van der Waals surface area contributed by atoms with Crippen LogP contribution in [0.15, 0.2) is 12.1 Å². The number of aromatic nitrogens is 3. The summed E-state index contributed by atoms with van der Waals surface area (Å²) < 4.78 is 14.2. The van der Waals surface area contributed by atoms with E-state index in [9.17, 15) is 9.18 Å². The number of H-pyrrole nitrogens is 1. The van der Waals surface area contributed by atoms with Crippen molar-refractivity contribution >= 4 is 11.8 Å². The Kier molecular flexibility index (Phi) is 4.85. The van der Waals surface area contributed by atoms with Crippen molar-refractivity contribution in [2.45, 2.75) is 52.4 Å². The number of carbonyl (C=O) groups is 1. The molecule has 0 bridgehead atoms. The predicted molar refractivity (Wildman–Crippen MR) is 105 cm³/mol. The average Bonchev–Trinajstić information content (AvgIpc) is 3.14. The van der Waals surface area contributed by atoms with Crippen LogP contribution in [0.25, 0.3) is 11.3 Å². The van der Waals surface area contributed by atoms with Gasteiger partial charge in [0.05, 0.1) is 11.6 Å². The van der Waals surface area contributed by atoms with Gasteiger partial charge in [0.2, 0.25) is 5.95 Å². The maximum absolute atomic E-state index is 14.2. The van der Waals surface area contributed by atoms with Gasteiger partial charge in [0, 0.05) is 29.4 Å². The Bertz CT molecular complexity index is 885. The SMILES string of the molecule is CC1(C)Cc2[nH]nc(-c3cc(F)nc(NCC4CCC(C(=O)O)CC4)c3)c2C1. The van der Waals surface area contributed by atoms with Crippen molar-refractivity contribution in [3.05, 3.63) is 29.3 Å². The monoisotopic (exact) mass is 386 g/mol. The number of aliphatic carboxylic acids is 1. The third-order valence-corrected chi connectivity index (χ3v) is 6.10. The third-order valence-electron chi connectivity index (χ3n) is 6.10. The van der Waals surface area contributed by atoms with E-state index in [0.717, 1.165) is 42.6 Å². The summed E-state index contributed by atoms with van der Waals surface area (Å²) in [6.45, 7) is 5.13. The first-order valence-corrected chi connectivity index (χ1v) is 10.0. The highest BCUT2D eigenvalue weighted by Gasteiger charge is 2.33. The zero-order valence-corrected chi connectivity index (χ0v) is 16.4. The fourth-order valence-electron chi connectivity index (χ4n) is 4.58. The van der Waals surface area contributed by atoms with E-state index < -0.39 is 11.9 Å². The van der Waals surface area contributed by atoms with Crippen LogP contribution in [0, 0.1) is 23.2 Å². The molecule has 7 heteroatoms. The van der Waals surface area contributed by atoms with Crippen molar-refractivity contribution in [2.75, 3.05) is 11.9 Å². The van der Waals surface area contributed by atoms with Gasteiger partial charge in [-0.3, -0.25) is 9.89 Å². The topological polar surface area (TPSA) is 90.9 Å². The molecular formula is C21H27FN4O2. The quantitative estimate of drug-likeness (QED) is 0.675. The molecule has 4 rings (SSSR count). The second kappa shape index (κ2) is 7.18. The number of aromatic amines is 1. The van der Waals surface area contributed by atoms with Crippen LogP contribution < -0.4 is 5.32 Å². The molecule has 1 saturated carbocycles. The molecule has 2 aromatic rings. The van der Waals surface area contributed by atoms with Crippen molar-refractivity contribution in [2.24, 2.45) is 17.3 Å². The van der Waals surface area contributed by atoms with Crippen molar-refractivity contribution < 1.29 is 14.3 Å². The molecule has 0 spiro atoms. The Labute approximate surface area is 164 Å². The zero-order chi connectivity index (χ0) is 19.9. The Morgan fingerprint density at radius 2 is 2.04 bits per heavy atom. The number of hydrogen-bond acceptors (Lipinski definition) is 4. The second-order valence-corrected chi connectivity index (χ2v) is 9.05. The maximum Gasteiger partial charge on any atom is 0.306 e. The standard InChI is InChI=1S/C21H27FN4O2/c1-21(2)9-15-16(10-21)25-26-19(15)14-7-17(22)24-18(8-14)23-11-12-3-5-13(6-4-12)20(27)28/h7-8,12-13H,3-6,9-11H2,1-2H3,(H,23,24)(H,25,26)(H,27,28). The number of carboxylic acids is 1. The minimum Gasteiger partial charge on any atom is -0.481 e. The van der Waals surface area contributed by atoms with Crippen molar-refractivity contribution in [3.63, 3.8) is 0 Å². The molecule has 0 amide bonds. The van der Waals surface area contributed by atoms with Gasteiger partial charge in [0.25, 0.3) is 0 Å². The summed E-state index contributed by atoms with van der Waals surface area (Å²) in [6, 6.07) is 3.29. The van der Waals surface area contributed by atoms with Gasteiger partial charge in [0.15, 0.2) is 0 Å². The fraction of sp³-hybridized carbons (Fsp3) is 0.571. The molecule has 0 unspecified atom stereocenters. The molecule has 1 fully saturated rings. The Balaban J connectivity index is 1.45. The molecule has 0 radical (unpaired) electrons. The summed E-state index contributed by atoms with van der Waals surface area (Å²) >= 11 is 0. The van der Waals surface area contributed by atoms with E-state index in [1.165, 1.54) is 11.6 Å². The first-order valence-electron chi connectivity index (χ1n) is 10.0. The molecule has 0 atom stereocenters. The minimum atomic E-state index is -0.697. The molecule has 3 N–H and O–H groups in total. The van der Waals surface area contributed by atoms with E-state index in [4.69, 9.17) is 5.11 Å². The van der Waals surface area contributed by atoms with Gasteiger partial charge >= 0.3 is 5.97 Å². The van der Waals surface area contributed by atoms with Gasteiger partial charge in [-0.1, -0.05) is 13.8 Å². The molecule has 0 aliphatic heterocycles. The number of hydrogen-bond donors (Lipinski definition) is 3. The van der Waals surface area contributed by atoms with Crippen LogP contribution in [0.5, 0.6) is 0 Å². The number of carboxylic acid groups (broad SMARTS) is 1. The normalized spacial score (nSPS) is 23.4. The number of fused-ring (bicyclic) bond motifs is 1. The summed E-state index contributed by atoms with van der Waals surface area (Å²) in [7, 11) is 0. The molecule has 6 nitrogen and oxygen atoms in total. The molecule has 2 aliphatic carbocycles. The predicted octanol–water partition coefficient (Wildman–Crippen LogP) is 4.04. The Hall–Kier alpha value is -2.44. The van der Waals surface area contributed by atoms with E-state index in [-0.39, 0.29) is 11.3 Å². The van der Waals surface area contributed by atoms with E-state index in [1.54, 1.807) is 0 Å². The lowest BCUT2D eigenvalue weighted by atomic mass is 9.82. The Morgan fingerprint density at radius 1 is 1.29 bits per heavy atom. The lowest BCUT2D eigenvalue weighted by Crippen LogP contribution is -2.25. The van der Waals surface area contributed by atoms with Crippen molar-refractivity contribution in [3.8, 4) is 11.3 Å². The van der Waals surface area contributed by atoms with Crippen LogP contribution >= 0.6 is 0 Å². The smallest absolute Gasteiger partial charge is 0.306 e. The number of rotatable bonds is 5. The first kappa shape index (κ1) is 18.9. The fourth-order valence-corrected chi connectivity index (χ4v) is 4.58. The number of pyridine rings is 1. The third kappa shape index (κ3) is 3.88. The first-order chi connectivity index (χ1) is 13.3. The van der Waals surface area contributed by atoms with E-state index in [1.807, 2.05) is 6.07 Å². The molecule has 28 heavy (non-hydrogen) atoms. The summed E-state index contributed by atoms with van der Waals surface area (Å²) in [5.41, 5.74) is 4.06. The molecule has 0 saturated heterocycles. The van der Waals surface area contributed by atoms with Gasteiger partial charge in [0.1, 0.15) is 5.82 Å². The lowest BCUT2D eigenvalue weighted by molar-refractivity contribution is -0.143. The highest BCUT2D eigenvalue weighted by atomic mass is 19.1. The largest absolute Gasteiger partial charge is 0.481 e. The summed E-state index contributed by atoms with van der Waals surface area (Å²) in [5, 5.41) is 19.9. The molecule has 0 aromatic carbocycles. The van der Waals surface area contributed by atoms with Crippen molar-refractivity contribution in [1.29, 1.82) is 0 Å². The molecule has 2 heterocycles. The van der Waals surface area contributed by atoms with Crippen molar-refractivity contribution in [1.82, 2.24) is 15.2 Å². The number of halogens is 1. The molecule has 2 aromatic heterocycles. The molecular weight excluding hydrogens is 359 g/mol. The van der Waals surface area contributed by atoms with Crippen LogP contribution in [0.3, 0.4) is 0 Å². The van der Waals surface area contributed by atoms with Gasteiger partial charge in [-0.05, 0) is 55.9 Å². The highest BCUT2D eigenvalue weighted by molar-refractivity contribution is 5.70.